The molecule has 1 fully saturated rings. The number of fused-ring (bicyclic) bond motifs is 3. The van der Waals surface area contributed by atoms with E-state index in [1.165, 1.54) is 0 Å². The molecular formula is C32H35IN3O7S3Se+. The van der Waals surface area contributed by atoms with Crippen LogP contribution in [-0.2, 0) is 31.5 Å². The van der Waals surface area contributed by atoms with Crippen molar-refractivity contribution >= 4 is 96.4 Å². The van der Waals surface area contributed by atoms with Crippen molar-refractivity contribution in [3.05, 3.63) is 78.9 Å². The molecule has 3 unspecified atom stereocenters. The number of aromatic nitrogens is 1. The predicted octanol–water partition coefficient (Wildman–Crippen LogP) is 3.63. The predicted molar refractivity (Wildman–Crippen MR) is 192 cm³/mol. The van der Waals surface area contributed by atoms with E-state index < -0.39 is 43.9 Å². The molecule has 1 amide bonds. The Bertz CT molecular complexity index is 2110. The number of rotatable bonds is 8. The molecule has 250 valence electrons. The van der Waals surface area contributed by atoms with Gasteiger partial charge < -0.3 is 0 Å². The van der Waals surface area contributed by atoms with E-state index in [-0.39, 0.29) is 26.5 Å². The van der Waals surface area contributed by atoms with Gasteiger partial charge in [0.2, 0.25) is 0 Å². The average Bonchev–Trinajstić information content (AvgIpc) is 3.40. The van der Waals surface area contributed by atoms with Crippen molar-refractivity contribution < 1.29 is 35.9 Å². The molecule has 0 bridgehead atoms. The van der Waals surface area contributed by atoms with Gasteiger partial charge in [-0.25, -0.2) is 8.42 Å². The summed E-state index contributed by atoms with van der Waals surface area (Å²) in [5.74, 6) is -1.35. The molecule has 2 aromatic carbocycles. The van der Waals surface area contributed by atoms with E-state index >= 15 is 0 Å². The van der Waals surface area contributed by atoms with Crippen molar-refractivity contribution in [3.8, 4) is 0 Å². The molecule has 10 nitrogen and oxygen atoms in total. The second-order valence-electron chi connectivity index (χ2n) is 13.2. The molecule has 0 saturated carbocycles. The third kappa shape index (κ3) is 7.53. The molecule has 1 aromatic heterocycles. The Morgan fingerprint density at radius 2 is 1.96 bits per heavy atom. The monoisotopic (exact) mass is 876 g/mol. The Balaban J connectivity index is 1.41. The molecule has 2 N–H and O–H groups in total. The van der Waals surface area contributed by atoms with E-state index in [2.05, 4.69) is 65.5 Å². The molecule has 15 heteroatoms. The first-order chi connectivity index (χ1) is 21.9. The number of allylic oxidation sites excluding steroid dienone is 4. The summed E-state index contributed by atoms with van der Waals surface area (Å²) in [6, 6.07) is 13.5. The van der Waals surface area contributed by atoms with Gasteiger partial charge in [0.15, 0.2) is 0 Å². The van der Waals surface area contributed by atoms with Crippen molar-refractivity contribution in [3.63, 3.8) is 0 Å². The molecule has 1 saturated heterocycles. The number of amides is 1. The molecule has 6 rings (SSSR count). The van der Waals surface area contributed by atoms with Crippen LogP contribution in [0.25, 0.3) is 15.9 Å². The number of quaternary nitrogens is 1. The Morgan fingerprint density at radius 3 is 2.64 bits per heavy atom. The first kappa shape index (κ1) is 35.0. The number of hydrogen-bond donors (Lipinski definition) is 2. The second-order valence-corrected chi connectivity index (χ2v) is 20.9. The van der Waals surface area contributed by atoms with Crippen molar-refractivity contribution in [2.75, 3.05) is 18.6 Å². The molecule has 3 atom stereocenters. The first-order valence-corrected chi connectivity index (χ1v) is 22.0. The van der Waals surface area contributed by atoms with Crippen LogP contribution in [0.1, 0.15) is 37.7 Å². The number of nitrogens with zero attached hydrogens (tertiary/aromatic N) is 2. The molecule has 0 radical (unpaired) electrons. The molecule has 47 heavy (non-hydrogen) atoms. The third-order valence-corrected chi connectivity index (χ3v) is 14.2. The van der Waals surface area contributed by atoms with Gasteiger partial charge >= 0.3 is 286 Å². The SMILES string of the molecule is CC1(C)CC(/C=C2\Sc3ccccc3[N+]23CCC3C(=O)NS(C)(=O)=O)=CC(=C/c2[se]c3ccc(I)cc3[n+]2CC(O)CS(=O)(=O)[O-])/C1. The number of sulfonamides is 1. The molecule has 3 aromatic rings. The summed E-state index contributed by atoms with van der Waals surface area (Å²) >= 11 is 3.74. The Kier molecular flexibility index (Phi) is 9.55. The van der Waals surface area contributed by atoms with Crippen LogP contribution < -0.4 is 13.8 Å². The minimum atomic E-state index is -4.60. The van der Waals surface area contributed by atoms with Crippen molar-refractivity contribution in [1.82, 2.24) is 9.21 Å². The van der Waals surface area contributed by atoms with Gasteiger partial charge in [-0.2, -0.15) is 0 Å². The van der Waals surface area contributed by atoms with Crippen LogP contribution in [0.5, 0.6) is 0 Å². The number of aliphatic hydroxyl groups is 1. The van der Waals surface area contributed by atoms with Crippen LogP contribution in [0.15, 0.2) is 75.7 Å². The van der Waals surface area contributed by atoms with Gasteiger partial charge in [-0.05, 0) is 0 Å². The second kappa shape index (κ2) is 12.8. The standard InChI is InChI=1S/C32H34IN3O7S3Se/c1-32(2)16-20(13-29-35(18-23(37)19-46(41,42)43)24-15-22(33)8-9-28(24)47-29)12-21(17-32)14-30-36(25-6-4-5-7-27(25)44-30)11-10-26(36)31(38)34-45(3,39)40/h4-9,12-15,23,26,37H,10-11,16-19H2,1-3H3/p+1/b20-13-,30-14-. The summed E-state index contributed by atoms with van der Waals surface area (Å²) in [6.45, 7) is 5.10. The van der Waals surface area contributed by atoms with Gasteiger partial charge in [0.25, 0.3) is 0 Å². The van der Waals surface area contributed by atoms with Gasteiger partial charge in [-0.15, -0.1) is 0 Å². The molecular weight excluding hydrogens is 840 g/mol. The zero-order chi connectivity index (χ0) is 33.9. The zero-order valence-corrected chi connectivity index (χ0v) is 32.3. The average molecular weight is 876 g/mol. The fourth-order valence-corrected chi connectivity index (χ4v) is 12.2. The Labute approximate surface area is 298 Å². The van der Waals surface area contributed by atoms with Crippen LogP contribution in [0.4, 0.5) is 5.69 Å². The van der Waals surface area contributed by atoms with Crippen LogP contribution in [0.3, 0.4) is 0 Å². The fourth-order valence-electron chi connectivity index (χ4n) is 6.86. The molecule has 1 aliphatic carbocycles. The maximum absolute atomic E-state index is 13.3. The van der Waals surface area contributed by atoms with E-state index in [0.29, 0.717) is 17.4 Å². The number of carbonyl (C=O) groups excluding carboxylic acids is 1. The van der Waals surface area contributed by atoms with Crippen LogP contribution in [-0.4, -0.2) is 77.6 Å². The molecule has 2 aliphatic heterocycles. The van der Waals surface area contributed by atoms with Gasteiger partial charge in [0.05, 0.1) is 6.26 Å². The summed E-state index contributed by atoms with van der Waals surface area (Å²) in [5.41, 5.74) is 4.00. The first-order valence-electron chi connectivity index (χ1n) is 15.0. The summed E-state index contributed by atoms with van der Waals surface area (Å²) < 4.78 is 65.7. The number of carbonyl (C=O) groups is 1. The van der Waals surface area contributed by atoms with Crippen molar-refractivity contribution in [2.24, 2.45) is 5.41 Å². The van der Waals surface area contributed by atoms with E-state index in [1.807, 2.05) is 41.0 Å². The quantitative estimate of drug-likeness (QED) is 0.115. The summed E-state index contributed by atoms with van der Waals surface area (Å²) in [7, 11) is -8.31. The van der Waals surface area contributed by atoms with Gasteiger partial charge in [0, 0.05) is 0 Å². The number of halogens is 1. The Morgan fingerprint density at radius 1 is 1.21 bits per heavy atom. The van der Waals surface area contributed by atoms with Gasteiger partial charge in [-0.1, -0.05) is 0 Å². The number of hydrogen-bond acceptors (Lipinski definition) is 8. The van der Waals surface area contributed by atoms with E-state index in [1.54, 1.807) is 11.8 Å². The minimum absolute atomic E-state index is 0.00866. The van der Waals surface area contributed by atoms with Crippen LogP contribution in [0.2, 0.25) is 0 Å². The number of para-hydroxylation sites is 1. The van der Waals surface area contributed by atoms with E-state index in [0.717, 1.165) is 63.8 Å². The maximum atomic E-state index is 13.3. The molecule has 3 heterocycles. The number of aliphatic hydroxyl groups excluding tert-OH is 1. The zero-order valence-electron chi connectivity index (χ0n) is 26.0. The summed E-state index contributed by atoms with van der Waals surface area (Å²) in [4.78, 5) is 14.3. The summed E-state index contributed by atoms with van der Waals surface area (Å²) in [6.07, 6.45) is 8.30. The normalized spacial score (nSPS) is 24.7. The van der Waals surface area contributed by atoms with Crippen LogP contribution in [0, 0.1) is 8.99 Å². The molecule has 3 aliphatic rings. The van der Waals surface area contributed by atoms with E-state index in [4.69, 9.17) is 0 Å². The van der Waals surface area contributed by atoms with Gasteiger partial charge in [0.1, 0.15) is 0 Å². The topological polar surface area (TPSA) is 145 Å². The summed E-state index contributed by atoms with van der Waals surface area (Å²) in [5, 5.41) is 11.6. The fraction of sp³-hybridized carbons (Fsp3) is 0.375. The molecule has 1 spiro atoms. The Hall–Kier alpha value is -1.82. The number of benzene rings is 2. The van der Waals surface area contributed by atoms with Crippen molar-refractivity contribution in [1.29, 1.82) is 0 Å². The van der Waals surface area contributed by atoms with Gasteiger partial charge in [-0.3, -0.25) is 0 Å². The number of nitrogens with one attached hydrogen (secondary N) is 1. The van der Waals surface area contributed by atoms with Crippen LogP contribution >= 0.6 is 34.4 Å². The van der Waals surface area contributed by atoms with E-state index in [9.17, 15) is 31.3 Å². The number of thioether (sulfide) groups is 1. The van der Waals surface area contributed by atoms with Crippen molar-refractivity contribution in [2.45, 2.75) is 56.7 Å². The third-order valence-electron chi connectivity index (χ3n) is 8.61.